The van der Waals surface area contributed by atoms with Crippen LogP contribution in [0.4, 0.5) is 20.2 Å². The highest BCUT2D eigenvalue weighted by Crippen LogP contribution is 2.24. The normalized spacial score (nSPS) is 11.3. The molecule has 0 saturated heterocycles. The molecule has 0 saturated carbocycles. The quantitative estimate of drug-likeness (QED) is 0.824. The third kappa shape index (κ3) is 3.07. The summed E-state index contributed by atoms with van der Waals surface area (Å²) in [7, 11) is -4.22. The molecule has 0 fully saturated rings. The minimum atomic E-state index is -4.22. The van der Waals surface area contributed by atoms with Crippen molar-refractivity contribution in [2.75, 3.05) is 10.5 Å². The summed E-state index contributed by atoms with van der Waals surface area (Å²) in [6.07, 6.45) is 0. The molecule has 2 rings (SSSR count). The molecule has 20 heavy (non-hydrogen) atoms. The number of nitrogen functional groups attached to an aromatic ring is 1. The Balaban J connectivity index is 2.41. The number of nitrogens with two attached hydrogens (primary N) is 1. The molecule has 3 N–H and O–H groups in total. The zero-order valence-corrected chi connectivity index (χ0v) is 12.3. The van der Waals surface area contributed by atoms with Gasteiger partial charge < -0.3 is 5.73 Å². The fraction of sp³-hybridized carbons (Fsp3) is 0. The van der Waals surface area contributed by atoms with E-state index in [9.17, 15) is 17.2 Å². The number of anilines is 2. The molecule has 0 aliphatic rings. The Labute approximate surface area is 122 Å². The molecule has 0 heterocycles. The van der Waals surface area contributed by atoms with Crippen LogP contribution in [0, 0.1) is 11.6 Å². The van der Waals surface area contributed by atoms with Gasteiger partial charge >= 0.3 is 0 Å². The fourth-order valence-electron chi connectivity index (χ4n) is 1.51. The van der Waals surface area contributed by atoms with Gasteiger partial charge in [-0.1, -0.05) is 15.9 Å². The second kappa shape index (κ2) is 5.37. The van der Waals surface area contributed by atoms with E-state index in [1.807, 2.05) is 4.72 Å². The van der Waals surface area contributed by atoms with Gasteiger partial charge in [-0.15, -0.1) is 0 Å². The number of halogens is 3. The van der Waals surface area contributed by atoms with Gasteiger partial charge in [0.1, 0.15) is 16.5 Å². The number of nitrogens with one attached hydrogen (secondary N) is 1. The third-order valence-electron chi connectivity index (χ3n) is 2.42. The summed E-state index contributed by atoms with van der Waals surface area (Å²) >= 11 is 3.02. The second-order valence-corrected chi connectivity index (χ2v) is 6.49. The lowest BCUT2D eigenvalue weighted by Crippen LogP contribution is -2.15. The van der Waals surface area contributed by atoms with Crippen molar-refractivity contribution < 1.29 is 17.2 Å². The van der Waals surface area contributed by atoms with Crippen molar-refractivity contribution in [3.63, 3.8) is 0 Å². The van der Waals surface area contributed by atoms with Crippen molar-refractivity contribution in [2.45, 2.75) is 4.90 Å². The van der Waals surface area contributed by atoms with Crippen molar-refractivity contribution in [3.8, 4) is 0 Å². The Morgan fingerprint density at radius 1 is 1.05 bits per heavy atom. The van der Waals surface area contributed by atoms with Crippen LogP contribution >= 0.6 is 15.9 Å². The Hall–Kier alpha value is -1.67. The number of sulfonamides is 1. The van der Waals surface area contributed by atoms with Gasteiger partial charge in [-0.05, 0) is 36.4 Å². The highest BCUT2D eigenvalue weighted by Gasteiger charge is 2.20. The molecule has 0 amide bonds. The molecule has 106 valence electrons. The van der Waals surface area contributed by atoms with E-state index in [4.69, 9.17) is 5.73 Å². The van der Waals surface area contributed by atoms with Gasteiger partial charge in [-0.25, -0.2) is 17.2 Å². The van der Waals surface area contributed by atoms with E-state index in [-0.39, 0.29) is 11.4 Å². The van der Waals surface area contributed by atoms with Gasteiger partial charge in [0, 0.05) is 10.2 Å². The van der Waals surface area contributed by atoms with Crippen molar-refractivity contribution in [1.29, 1.82) is 0 Å². The van der Waals surface area contributed by atoms with Crippen LogP contribution in [0.3, 0.4) is 0 Å². The topological polar surface area (TPSA) is 72.2 Å². The summed E-state index contributed by atoms with van der Waals surface area (Å²) in [4.78, 5) is -0.572. The molecule has 0 aliphatic heterocycles. The standard InChI is InChI=1S/C12H9BrF2N2O2S/c13-7-1-4-12(10(15)5-7)20(18,19)17-11-3-2-8(16)6-9(11)14/h1-6,17H,16H2. The van der Waals surface area contributed by atoms with Crippen molar-refractivity contribution >= 4 is 37.3 Å². The number of rotatable bonds is 3. The molecule has 0 spiro atoms. The minimum Gasteiger partial charge on any atom is -0.399 e. The first-order chi connectivity index (χ1) is 9.29. The Morgan fingerprint density at radius 3 is 2.35 bits per heavy atom. The summed E-state index contributed by atoms with van der Waals surface area (Å²) in [6.45, 7) is 0. The zero-order valence-electron chi connectivity index (χ0n) is 9.90. The van der Waals surface area contributed by atoms with E-state index in [1.165, 1.54) is 18.2 Å². The lowest BCUT2D eigenvalue weighted by atomic mass is 10.3. The maximum atomic E-state index is 13.7. The molecule has 4 nitrogen and oxygen atoms in total. The van der Waals surface area contributed by atoms with Gasteiger partial charge in [0.25, 0.3) is 10.0 Å². The van der Waals surface area contributed by atoms with Crippen LogP contribution in [0.5, 0.6) is 0 Å². The molecular weight excluding hydrogens is 354 g/mol. The zero-order chi connectivity index (χ0) is 14.9. The monoisotopic (exact) mass is 362 g/mol. The van der Waals surface area contributed by atoms with E-state index in [0.29, 0.717) is 4.47 Å². The maximum absolute atomic E-state index is 13.7. The van der Waals surface area contributed by atoms with Crippen LogP contribution in [-0.4, -0.2) is 8.42 Å². The lowest BCUT2D eigenvalue weighted by molar-refractivity contribution is 0.569. The summed E-state index contributed by atoms with van der Waals surface area (Å²) in [5.41, 5.74) is 5.21. The van der Waals surface area contributed by atoms with Gasteiger partial charge in [-0.3, -0.25) is 4.72 Å². The van der Waals surface area contributed by atoms with E-state index in [2.05, 4.69) is 15.9 Å². The second-order valence-electron chi connectivity index (χ2n) is 3.92. The van der Waals surface area contributed by atoms with Gasteiger partial charge in [0.05, 0.1) is 5.69 Å². The van der Waals surface area contributed by atoms with Crippen molar-refractivity contribution in [2.24, 2.45) is 0 Å². The summed E-state index contributed by atoms with van der Waals surface area (Å²) in [6, 6.07) is 6.93. The number of hydrogen-bond acceptors (Lipinski definition) is 3. The molecule has 2 aromatic rings. The Bertz CT molecular complexity index is 766. The van der Waals surface area contributed by atoms with Crippen LogP contribution in [-0.2, 0) is 10.0 Å². The highest BCUT2D eigenvalue weighted by atomic mass is 79.9. The Kier molecular flexibility index (Phi) is 3.96. The highest BCUT2D eigenvalue weighted by molar-refractivity contribution is 9.10. The summed E-state index contributed by atoms with van der Waals surface area (Å²) in [5, 5.41) is 0. The largest absolute Gasteiger partial charge is 0.399 e. The van der Waals surface area contributed by atoms with Crippen LogP contribution in [0.25, 0.3) is 0 Å². The fourth-order valence-corrected chi connectivity index (χ4v) is 2.97. The first-order valence-electron chi connectivity index (χ1n) is 5.32. The van der Waals surface area contributed by atoms with Gasteiger partial charge in [-0.2, -0.15) is 0 Å². The van der Waals surface area contributed by atoms with E-state index >= 15 is 0 Å². The van der Waals surface area contributed by atoms with Crippen LogP contribution in [0.1, 0.15) is 0 Å². The molecule has 8 heteroatoms. The molecular formula is C12H9BrF2N2O2S. The number of benzene rings is 2. The van der Waals surface area contributed by atoms with Crippen molar-refractivity contribution in [3.05, 3.63) is 52.5 Å². The van der Waals surface area contributed by atoms with E-state index < -0.39 is 26.6 Å². The predicted octanol–water partition coefficient (Wildman–Crippen LogP) is 3.11. The molecule has 0 atom stereocenters. The van der Waals surface area contributed by atoms with Gasteiger partial charge in [0.15, 0.2) is 0 Å². The third-order valence-corrected chi connectivity index (χ3v) is 4.31. The predicted molar refractivity (Wildman–Crippen MR) is 75.7 cm³/mol. The Morgan fingerprint density at radius 2 is 1.75 bits per heavy atom. The van der Waals surface area contributed by atoms with E-state index in [1.54, 1.807) is 0 Å². The maximum Gasteiger partial charge on any atom is 0.264 e. The molecule has 0 bridgehead atoms. The summed E-state index contributed by atoms with van der Waals surface area (Å²) < 4.78 is 53.6. The number of hydrogen-bond donors (Lipinski definition) is 2. The van der Waals surface area contributed by atoms with Crippen LogP contribution in [0.2, 0.25) is 0 Å². The first-order valence-corrected chi connectivity index (χ1v) is 7.60. The van der Waals surface area contributed by atoms with E-state index in [0.717, 1.165) is 18.2 Å². The van der Waals surface area contributed by atoms with Crippen LogP contribution < -0.4 is 10.5 Å². The average molecular weight is 363 g/mol. The molecule has 0 radical (unpaired) electrons. The smallest absolute Gasteiger partial charge is 0.264 e. The molecule has 2 aromatic carbocycles. The van der Waals surface area contributed by atoms with Crippen LogP contribution in [0.15, 0.2) is 45.8 Å². The molecule has 0 aliphatic carbocycles. The summed E-state index contributed by atoms with van der Waals surface area (Å²) in [5.74, 6) is -1.78. The van der Waals surface area contributed by atoms with Crippen molar-refractivity contribution in [1.82, 2.24) is 0 Å². The SMILES string of the molecule is Nc1ccc(NS(=O)(=O)c2ccc(Br)cc2F)c(F)c1. The average Bonchev–Trinajstić information content (AvgIpc) is 2.32. The van der Waals surface area contributed by atoms with Gasteiger partial charge in [0.2, 0.25) is 0 Å². The molecule has 0 unspecified atom stereocenters. The first kappa shape index (κ1) is 14.7. The lowest BCUT2D eigenvalue weighted by Gasteiger charge is -2.10. The minimum absolute atomic E-state index is 0.153. The molecule has 0 aromatic heterocycles.